The molecule has 3 rings (SSSR count). The lowest BCUT2D eigenvalue weighted by molar-refractivity contribution is -0.137. The van der Waals surface area contributed by atoms with Crippen LogP contribution >= 0.6 is 11.6 Å². The lowest BCUT2D eigenvalue weighted by Gasteiger charge is -2.14. The van der Waals surface area contributed by atoms with E-state index in [-0.39, 0.29) is 11.1 Å². The number of benzene rings is 1. The van der Waals surface area contributed by atoms with Crippen molar-refractivity contribution in [2.75, 3.05) is 0 Å². The minimum absolute atomic E-state index is 0.280. The summed E-state index contributed by atoms with van der Waals surface area (Å²) in [6.07, 6.45) is -1.54. The van der Waals surface area contributed by atoms with Gasteiger partial charge in [0.2, 0.25) is 0 Å². The number of nitrogens with one attached hydrogen (secondary N) is 1. The average molecular weight is 409 g/mol. The second-order valence-corrected chi connectivity index (χ2v) is 6.60. The van der Waals surface area contributed by atoms with Gasteiger partial charge in [-0.2, -0.15) is 18.3 Å². The maximum Gasteiger partial charge on any atom is 0.416 e. The number of carbonyl (C=O) groups is 1. The van der Waals surface area contributed by atoms with Crippen molar-refractivity contribution in [2.45, 2.75) is 26.1 Å². The van der Waals surface area contributed by atoms with Crippen LogP contribution in [0.4, 0.5) is 13.2 Å². The Morgan fingerprint density at radius 3 is 2.61 bits per heavy atom. The molecule has 146 valence electrons. The van der Waals surface area contributed by atoms with Crippen molar-refractivity contribution < 1.29 is 18.0 Å². The van der Waals surface area contributed by atoms with Crippen molar-refractivity contribution in [1.82, 2.24) is 20.1 Å². The summed E-state index contributed by atoms with van der Waals surface area (Å²) >= 11 is 5.71. The number of carbonyl (C=O) groups excluding carboxylic acids is 1. The van der Waals surface area contributed by atoms with Gasteiger partial charge in [-0.1, -0.05) is 17.7 Å². The molecule has 0 saturated heterocycles. The van der Waals surface area contributed by atoms with Crippen molar-refractivity contribution in [2.24, 2.45) is 0 Å². The molecule has 1 atom stereocenters. The lowest BCUT2D eigenvalue weighted by Crippen LogP contribution is -2.27. The van der Waals surface area contributed by atoms with E-state index in [4.69, 9.17) is 11.6 Å². The van der Waals surface area contributed by atoms with E-state index in [9.17, 15) is 18.0 Å². The Bertz CT molecular complexity index is 999. The summed E-state index contributed by atoms with van der Waals surface area (Å²) in [6.45, 7) is 3.50. The van der Waals surface area contributed by atoms with Gasteiger partial charge in [0.25, 0.3) is 5.91 Å². The fraction of sp³-hybridized carbons (Fsp3) is 0.211. The van der Waals surface area contributed by atoms with Gasteiger partial charge in [-0.15, -0.1) is 0 Å². The number of halogens is 4. The number of hydrogen-bond acceptors (Lipinski definition) is 3. The number of nitrogens with zero attached hydrogens (tertiary/aromatic N) is 3. The number of rotatable bonds is 4. The summed E-state index contributed by atoms with van der Waals surface area (Å²) in [4.78, 5) is 16.2. The highest BCUT2D eigenvalue weighted by Crippen LogP contribution is 2.31. The van der Waals surface area contributed by atoms with E-state index in [1.165, 1.54) is 29.2 Å². The van der Waals surface area contributed by atoms with Crippen LogP contribution in [-0.2, 0) is 6.18 Å². The SMILES string of the molecule is Cc1c(C(C)NC(=O)c2ccc(Cl)nc2)cnn1-c1cccc(C(F)(F)F)c1. The highest BCUT2D eigenvalue weighted by Gasteiger charge is 2.30. The second kappa shape index (κ2) is 7.63. The predicted octanol–water partition coefficient (Wildman–Crippen LogP) is 4.74. The molecule has 3 aromatic rings. The highest BCUT2D eigenvalue weighted by molar-refractivity contribution is 6.29. The number of pyridine rings is 1. The topological polar surface area (TPSA) is 59.8 Å². The number of alkyl halides is 3. The molecule has 2 aromatic heterocycles. The third kappa shape index (κ3) is 4.17. The van der Waals surface area contributed by atoms with Gasteiger partial charge in [0.1, 0.15) is 5.15 Å². The van der Waals surface area contributed by atoms with Crippen LogP contribution in [0.2, 0.25) is 5.15 Å². The molecule has 0 bridgehead atoms. The number of hydrogen-bond donors (Lipinski definition) is 1. The minimum atomic E-state index is -4.44. The zero-order valence-electron chi connectivity index (χ0n) is 15.0. The molecule has 0 saturated carbocycles. The van der Waals surface area contributed by atoms with Crippen LogP contribution in [0.5, 0.6) is 0 Å². The zero-order valence-corrected chi connectivity index (χ0v) is 15.7. The fourth-order valence-electron chi connectivity index (χ4n) is 2.79. The highest BCUT2D eigenvalue weighted by atomic mass is 35.5. The average Bonchev–Trinajstić information content (AvgIpc) is 3.03. The van der Waals surface area contributed by atoms with E-state index in [0.717, 1.165) is 12.1 Å². The first-order chi connectivity index (χ1) is 13.2. The molecule has 9 heteroatoms. The molecule has 1 aromatic carbocycles. The Kier molecular flexibility index (Phi) is 5.42. The van der Waals surface area contributed by atoms with Crippen molar-refractivity contribution in [3.05, 3.63) is 76.3 Å². The van der Waals surface area contributed by atoms with E-state index in [1.807, 2.05) is 0 Å². The van der Waals surface area contributed by atoms with E-state index in [2.05, 4.69) is 15.4 Å². The Morgan fingerprint density at radius 1 is 1.21 bits per heavy atom. The van der Waals surface area contributed by atoms with Crippen LogP contribution in [0.25, 0.3) is 5.69 Å². The third-order valence-corrected chi connectivity index (χ3v) is 4.49. The maximum absolute atomic E-state index is 13.0. The van der Waals surface area contributed by atoms with Crippen LogP contribution in [0.15, 0.2) is 48.8 Å². The van der Waals surface area contributed by atoms with Gasteiger partial charge in [-0.25, -0.2) is 9.67 Å². The summed E-state index contributed by atoms with van der Waals surface area (Å²) < 4.78 is 40.3. The first-order valence-corrected chi connectivity index (χ1v) is 8.69. The van der Waals surface area contributed by atoms with E-state index < -0.39 is 17.8 Å². The Balaban J connectivity index is 1.82. The molecule has 1 N–H and O–H groups in total. The van der Waals surface area contributed by atoms with Crippen molar-refractivity contribution in [3.63, 3.8) is 0 Å². The van der Waals surface area contributed by atoms with Gasteiger partial charge >= 0.3 is 6.18 Å². The Labute approximate surface area is 164 Å². The number of aromatic nitrogens is 3. The first-order valence-electron chi connectivity index (χ1n) is 8.31. The molecule has 0 spiro atoms. The normalized spacial score (nSPS) is 12.6. The molecule has 0 aliphatic heterocycles. The van der Waals surface area contributed by atoms with Gasteiger partial charge in [0, 0.05) is 17.5 Å². The molecular formula is C19H16ClF3N4O. The van der Waals surface area contributed by atoms with Crippen LogP contribution in [0.1, 0.15) is 40.1 Å². The molecule has 0 aliphatic carbocycles. The van der Waals surface area contributed by atoms with Crippen LogP contribution < -0.4 is 5.32 Å². The molecule has 2 heterocycles. The molecule has 5 nitrogen and oxygen atoms in total. The molecule has 1 amide bonds. The van der Waals surface area contributed by atoms with E-state index in [0.29, 0.717) is 22.5 Å². The van der Waals surface area contributed by atoms with Crippen LogP contribution in [-0.4, -0.2) is 20.7 Å². The maximum atomic E-state index is 13.0. The van der Waals surface area contributed by atoms with Crippen LogP contribution in [0, 0.1) is 6.92 Å². The minimum Gasteiger partial charge on any atom is -0.345 e. The molecule has 0 fully saturated rings. The monoisotopic (exact) mass is 408 g/mol. The first kappa shape index (κ1) is 19.9. The van der Waals surface area contributed by atoms with E-state index in [1.54, 1.807) is 26.0 Å². The lowest BCUT2D eigenvalue weighted by atomic mass is 10.1. The standard InChI is InChI=1S/C19H16ClF3N4O/c1-11(26-18(28)13-6-7-17(20)24-9-13)16-10-25-27(12(16)2)15-5-3-4-14(8-15)19(21,22)23/h3-11H,1-2H3,(H,26,28). The number of amides is 1. The summed E-state index contributed by atoms with van der Waals surface area (Å²) in [6, 6.07) is 7.56. The molecule has 1 unspecified atom stereocenters. The van der Waals surface area contributed by atoms with Crippen molar-refractivity contribution in [3.8, 4) is 5.69 Å². The predicted molar refractivity (Wildman–Crippen MR) is 98.4 cm³/mol. The quantitative estimate of drug-likeness (QED) is 0.634. The van der Waals surface area contributed by atoms with Gasteiger partial charge in [-0.3, -0.25) is 4.79 Å². The summed E-state index contributed by atoms with van der Waals surface area (Å²) in [7, 11) is 0. The summed E-state index contributed by atoms with van der Waals surface area (Å²) in [5.74, 6) is -0.345. The van der Waals surface area contributed by atoms with Gasteiger partial charge in [0.05, 0.1) is 29.1 Å². The summed E-state index contributed by atoms with van der Waals surface area (Å²) in [5.41, 5.74) is 1.20. The third-order valence-electron chi connectivity index (χ3n) is 4.27. The fourth-order valence-corrected chi connectivity index (χ4v) is 2.90. The Hall–Kier alpha value is -2.87. The largest absolute Gasteiger partial charge is 0.416 e. The van der Waals surface area contributed by atoms with Gasteiger partial charge < -0.3 is 5.32 Å². The van der Waals surface area contributed by atoms with Gasteiger partial charge in [-0.05, 0) is 44.2 Å². The van der Waals surface area contributed by atoms with Crippen molar-refractivity contribution >= 4 is 17.5 Å². The van der Waals surface area contributed by atoms with E-state index >= 15 is 0 Å². The molecule has 0 radical (unpaired) electrons. The zero-order chi connectivity index (χ0) is 20.5. The van der Waals surface area contributed by atoms with Crippen LogP contribution in [0.3, 0.4) is 0 Å². The molecule has 0 aliphatic rings. The van der Waals surface area contributed by atoms with Gasteiger partial charge in [0.15, 0.2) is 0 Å². The molecular weight excluding hydrogens is 393 g/mol. The second-order valence-electron chi connectivity index (χ2n) is 6.21. The van der Waals surface area contributed by atoms with Crippen molar-refractivity contribution in [1.29, 1.82) is 0 Å². The smallest absolute Gasteiger partial charge is 0.345 e. The Morgan fingerprint density at radius 2 is 1.96 bits per heavy atom. The molecule has 28 heavy (non-hydrogen) atoms. The summed E-state index contributed by atoms with van der Waals surface area (Å²) in [5, 5.41) is 7.29.